The van der Waals surface area contributed by atoms with E-state index in [9.17, 15) is 0 Å². The minimum atomic E-state index is 0.254. The maximum atomic E-state index is 6.03. The molecule has 0 aliphatic carbocycles. The van der Waals surface area contributed by atoms with Gasteiger partial charge in [-0.25, -0.2) is 4.98 Å². The molecular weight excluding hydrogens is 347 g/mol. The highest BCUT2D eigenvalue weighted by atomic mass is 35.5. The van der Waals surface area contributed by atoms with Gasteiger partial charge in [0, 0.05) is 11.4 Å². The van der Waals surface area contributed by atoms with Gasteiger partial charge in [-0.1, -0.05) is 50.9 Å². The minimum Gasteiger partial charge on any atom is -0.482 e. The molecule has 1 fully saturated rings. The van der Waals surface area contributed by atoms with Gasteiger partial charge in [-0.2, -0.15) is 0 Å². The summed E-state index contributed by atoms with van der Waals surface area (Å²) < 4.78 is 11.2. The Hall–Kier alpha value is -1.23. The van der Waals surface area contributed by atoms with Gasteiger partial charge in [0.05, 0.1) is 11.2 Å². The van der Waals surface area contributed by atoms with Crippen molar-refractivity contribution in [3.63, 3.8) is 0 Å². The standard InChI is InChI=1S/C14H14Cl2N2O2.2C2H6/c15-10-1-2-13(12(16)4-10)19-8-14-18-7-11(20-14)3-9-5-17-6-9;2*1-2/h1-2,4,7,9,17H,3,5-6,8H2;2*1-2H3. The van der Waals surface area contributed by atoms with Crippen molar-refractivity contribution in [3.8, 4) is 5.75 Å². The van der Waals surface area contributed by atoms with Crippen LogP contribution in [0.4, 0.5) is 0 Å². The van der Waals surface area contributed by atoms with Crippen LogP contribution in [0.25, 0.3) is 0 Å². The minimum absolute atomic E-state index is 0.254. The highest BCUT2D eigenvalue weighted by Crippen LogP contribution is 2.28. The summed E-state index contributed by atoms with van der Waals surface area (Å²) in [6, 6.07) is 5.10. The number of ether oxygens (including phenoxy) is 1. The molecule has 0 spiro atoms. The molecule has 4 nitrogen and oxygen atoms in total. The number of hydrogen-bond acceptors (Lipinski definition) is 4. The molecule has 1 aliphatic rings. The van der Waals surface area contributed by atoms with Crippen molar-refractivity contribution in [2.24, 2.45) is 5.92 Å². The molecule has 24 heavy (non-hydrogen) atoms. The van der Waals surface area contributed by atoms with E-state index in [0.29, 0.717) is 27.6 Å². The van der Waals surface area contributed by atoms with E-state index in [2.05, 4.69) is 10.3 Å². The first-order valence-electron chi connectivity index (χ1n) is 8.43. The summed E-state index contributed by atoms with van der Waals surface area (Å²) in [7, 11) is 0. The van der Waals surface area contributed by atoms with Gasteiger partial charge in [-0.15, -0.1) is 0 Å². The lowest BCUT2D eigenvalue weighted by molar-refractivity contribution is 0.252. The van der Waals surface area contributed by atoms with Crippen LogP contribution in [0.5, 0.6) is 5.75 Å². The summed E-state index contributed by atoms with van der Waals surface area (Å²) in [6.45, 7) is 10.4. The zero-order valence-corrected chi connectivity index (χ0v) is 16.2. The number of rotatable bonds is 5. The van der Waals surface area contributed by atoms with E-state index >= 15 is 0 Å². The smallest absolute Gasteiger partial charge is 0.232 e. The molecule has 2 aromatic rings. The number of nitrogens with one attached hydrogen (secondary N) is 1. The zero-order valence-electron chi connectivity index (χ0n) is 14.7. The third kappa shape index (κ3) is 6.34. The van der Waals surface area contributed by atoms with Gasteiger partial charge in [0.1, 0.15) is 11.5 Å². The monoisotopic (exact) mass is 372 g/mol. The second-order valence-electron chi connectivity index (χ2n) is 4.81. The van der Waals surface area contributed by atoms with Crippen LogP contribution in [-0.2, 0) is 13.0 Å². The second kappa shape index (κ2) is 11.3. The van der Waals surface area contributed by atoms with Gasteiger partial charge in [0.2, 0.25) is 5.89 Å². The van der Waals surface area contributed by atoms with E-state index in [1.807, 2.05) is 27.7 Å². The Balaban J connectivity index is 0.000000671. The van der Waals surface area contributed by atoms with Crippen LogP contribution in [0.2, 0.25) is 10.0 Å². The fourth-order valence-corrected chi connectivity index (χ4v) is 2.48. The third-order valence-electron chi connectivity index (χ3n) is 3.20. The largest absolute Gasteiger partial charge is 0.482 e. The Kier molecular flexibility index (Phi) is 9.84. The molecule has 1 aromatic carbocycles. The van der Waals surface area contributed by atoms with Crippen molar-refractivity contribution in [2.75, 3.05) is 13.1 Å². The number of nitrogens with zero attached hydrogens (tertiary/aromatic N) is 1. The summed E-state index contributed by atoms with van der Waals surface area (Å²) in [5, 5.41) is 4.29. The molecule has 0 amide bonds. The van der Waals surface area contributed by atoms with Crippen molar-refractivity contribution in [1.29, 1.82) is 0 Å². The number of benzene rings is 1. The fourth-order valence-electron chi connectivity index (χ4n) is 2.02. The lowest BCUT2D eigenvalue weighted by atomic mass is 9.98. The van der Waals surface area contributed by atoms with Gasteiger partial charge < -0.3 is 14.5 Å². The summed E-state index contributed by atoms with van der Waals surface area (Å²) in [5.74, 6) is 2.68. The average molecular weight is 373 g/mol. The van der Waals surface area contributed by atoms with Crippen molar-refractivity contribution >= 4 is 23.2 Å². The van der Waals surface area contributed by atoms with Crippen LogP contribution >= 0.6 is 23.2 Å². The first kappa shape index (κ1) is 20.8. The van der Waals surface area contributed by atoms with Gasteiger partial charge in [0.25, 0.3) is 0 Å². The average Bonchev–Trinajstić information content (AvgIpc) is 3.02. The van der Waals surface area contributed by atoms with E-state index in [0.717, 1.165) is 25.3 Å². The molecule has 0 atom stereocenters. The van der Waals surface area contributed by atoms with E-state index in [1.54, 1.807) is 24.4 Å². The van der Waals surface area contributed by atoms with E-state index in [1.165, 1.54) is 0 Å². The van der Waals surface area contributed by atoms with Crippen molar-refractivity contribution in [3.05, 3.63) is 46.1 Å². The molecule has 2 heterocycles. The number of oxazole rings is 1. The Labute approximate surface area is 154 Å². The van der Waals surface area contributed by atoms with Crippen LogP contribution in [0.15, 0.2) is 28.8 Å². The predicted molar refractivity (Wildman–Crippen MR) is 100 cm³/mol. The fraction of sp³-hybridized carbons (Fsp3) is 0.500. The van der Waals surface area contributed by atoms with Crippen LogP contribution in [0, 0.1) is 5.92 Å². The Morgan fingerprint density at radius 1 is 1.21 bits per heavy atom. The van der Waals surface area contributed by atoms with E-state index in [4.69, 9.17) is 32.4 Å². The van der Waals surface area contributed by atoms with Crippen LogP contribution in [0.1, 0.15) is 39.3 Å². The van der Waals surface area contributed by atoms with Crippen molar-refractivity contribution in [1.82, 2.24) is 10.3 Å². The lowest BCUT2D eigenvalue weighted by Gasteiger charge is -2.25. The van der Waals surface area contributed by atoms with Crippen LogP contribution in [-0.4, -0.2) is 18.1 Å². The van der Waals surface area contributed by atoms with Gasteiger partial charge in [0.15, 0.2) is 6.61 Å². The van der Waals surface area contributed by atoms with Gasteiger partial charge >= 0.3 is 0 Å². The molecule has 0 radical (unpaired) electrons. The van der Waals surface area contributed by atoms with Crippen molar-refractivity contribution < 1.29 is 9.15 Å². The second-order valence-corrected chi connectivity index (χ2v) is 5.66. The summed E-state index contributed by atoms with van der Waals surface area (Å²) in [5.41, 5.74) is 0. The lowest BCUT2D eigenvalue weighted by Crippen LogP contribution is -2.42. The molecule has 1 N–H and O–H groups in total. The van der Waals surface area contributed by atoms with Crippen LogP contribution in [0.3, 0.4) is 0 Å². The molecule has 0 saturated carbocycles. The normalized spacial score (nSPS) is 13.1. The maximum absolute atomic E-state index is 6.03. The number of hydrogen-bond donors (Lipinski definition) is 1. The maximum Gasteiger partial charge on any atom is 0.232 e. The molecule has 1 aliphatic heterocycles. The highest BCUT2D eigenvalue weighted by molar-refractivity contribution is 6.35. The quantitative estimate of drug-likeness (QED) is 0.765. The number of halogens is 2. The predicted octanol–water partition coefficient (Wildman–Crippen LogP) is 5.37. The highest BCUT2D eigenvalue weighted by Gasteiger charge is 2.19. The summed E-state index contributed by atoms with van der Waals surface area (Å²) >= 11 is 11.9. The Morgan fingerprint density at radius 3 is 2.50 bits per heavy atom. The molecule has 134 valence electrons. The topological polar surface area (TPSA) is 47.3 Å². The molecule has 0 bridgehead atoms. The Morgan fingerprint density at radius 2 is 1.92 bits per heavy atom. The summed E-state index contributed by atoms with van der Waals surface area (Å²) in [4.78, 5) is 4.21. The third-order valence-corrected chi connectivity index (χ3v) is 3.73. The van der Waals surface area contributed by atoms with Crippen molar-refractivity contribution in [2.45, 2.75) is 40.7 Å². The Bertz CT molecular complexity index is 598. The molecule has 6 heteroatoms. The van der Waals surface area contributed by atoms with Gasteiger partial charge in [-0.05, 0) is 37.2 Å². The SMILES string of the molecule is CC.CC.Clc1ccc(OCc2ncc(CC3CNC3)o2)c(Cl)c1. The summed E-state index contributed by atoms with van der Waals surface area (Å²) in [6.07, 6.45) is 2.68. The molecule has 1 saturated heterocycles. The van der Waals surface area contributed by atoms with E-state index in [-0.39, 0.29) is 6.61 Å². The zero-order chi connectivity index (χ0) is 17.9. The first-order valence-corrected chi connectivity index (χ1v) is 9.18. The molecule has 1 aromatic heterocycles. The van der Waals surface area contributed by atoms with E-state index < -0.39 is 0 Å². The molecule has 0 unspecified atom stereocenters. The van der Waals surface area contributed by atoms with Crippen LogP contribution < -0.4 is 10.1 Å². The first-order chi connectivity index (χ1) is 11.7. The number of aromatic nitrogens is 1. The molecule has 3 rings (SSSR count). The molecular formula is C18H26Cl2N2O2. The van der Waals surface area contributed by atoms with Gasteiger partial charge in [-0.3, -0.25) is 0 Å².